The Morgan fingerprint density at radius 1 is 0.857 bits per heavy atom. The lowest BCUT2D eigenvalue weighted by Crippen LogP contribution is -2.56. The first-order chi connectivity index (χ1) is 16.1. The van der Waals surface area contributed by atoms with Crippen LogP contribution in [0.25, 0.3) is 0 Å². The third-order valence-corrected chi connectivity index (χ3v) is 5.71. The van der Waals surface area contributed by atoms with Gasteiger partial charge in [-0.05, 0) is 20.3 Å². The molecule has 1 aliphatic rings. The van der Waals surface area contributed by atoms with Gasteiger partial charge in [0.2, 0.25) is 0 Å². The Morgan fingerprint density at radius 2 is 1.37 bits per heavy atom. The lowest BCUT2D eigenvalue weighted by atomic mass is 9.86. The molecule has 11 atom stereocenters. The summed E-state index contributed by atoms with van der Waals surface area (Å²) in [5.74, 6) is -5.37. The summed E-state index contributed by atoms with van der Waals surface area (Å²) in [4.78, 5) is 33.5. The molecule has 0 aromatic carbocycles. The maximum absolute atomic E-state index is 11.3. The van der Waals surface area contributed by atoms with E-state index in [1.807, 2.05) is 0 Å². The standard InChI is InChI=1S/C11H20O7.C10H18O7/c1-3-7(13)10(16)9(15)6(11(17)18)4-8(14)5(2)12;1-4(12)6(13)2-5-8(14)9(15)7(3-11)17-10(5)16/h5-7,9-10,12-13,15-16H,3-4H2,1-2H3,(H,17,18);4-5,7-12,14-16H,2-3H2,1H3/t5-,6+,7+,9+,10+;4-,5+,7+,8+,9+,10-/m00/s1. The summed E-state index contributed by atoms with van der Waals surface area (Å²) in [5, 5.41) is 93.1. The first-order valence-electron chi connectivity index (χ1n) is 11.1. The third-order valence-electron chi connectivity index (χ3n) is 5.71. The van der Waals surface area contributed by atoms with Crippen LogP contribution < -0.4 is 0 Å². The number of ether oxygens (including phenoxy) is 1. The van der Waals surface area contributed by atoms with Crippen molar-refractivity contribution in [2.45, 2.75) is 95.2 Å². The Labute approximate surface area is 202 Å². The molecule has 0 saturated carbocycles. The summed E-state index contributed by atoms with van der Waals surface area (Å²) in [7, 11) is 0. The number of rotatable bonds is 12. The van der Waals surface area contributed by atoms with Crippen LogP contribution in [-0.4, -0.2) is 130 Å². The van der Waals surface area contributed by atoms with E-state index in [0.29, 0.717) is 0 Å². The number of Topliss-reactive ketones (excluding diaryl/α,β-unsaturated/α-hetero) is 2. The van der Waals surface area contributed by atoms with Crippen LogP contribution in [0.2, 0.25) is 0 Å². The average Bonchev–Trinajstić information content (AvgIpc) is 2.80. The second-order valence-corrected chi connectivity index (χ2v) is 8.49. The number of carboxylic acids is 1. The van der Waals surface area contributed by atoms with Crippen molar-refractivity contribution in [3.63, 3.8) is 0 Å². The maximum atomic E-state index is 11.3. The van der Waals surface area contributed by atoms with Gasteiger partial charge in [0.25, 0.3) is 0 Å². The molecule has 14 heteroatoms. The van der Waals surface area contributed by atoms with Crippen molar-refractivity contribution in [2.24, 2.45) is 11.8 Å². The molecule has 10 N–H and O–H groups in total. The number of hydrogen-bond donors (Lipinski definition) is 10. The van der Waals surface area contributed by atoms with Crippen LogP contribution in [0.3, 0.4) is 0 Å². The van der Waals surface area contributed by atoms with Crippen molar-refractivity contribution in [1.29, 1.82) is 0 Å². The van der Waals surface area contributed by atoms with Gasteiger partial charge in [-0.1, -0.05) is 6.92 Å². The van der Waals surface area contributed by atoms with Crippen molar-refractivity contribution >= 4 is 17.5 Å². The Kier molecular flexibility index (Phi) is 14.8. The largest absolute Gasteiger partial charge is 0.481 e. The molecule has 1 heterocycles. The predicted molar refractivity (Wildman–Crippen MR) is 116 cm³/mol. The van der Waals surface area contributed by atoms with Gasteiger partial charge in [-0.15, -0.1) is 0 Å². The Hall–Kier alpha value is -1.59. The van der Waals surface area contributed by atoms with Gasteiger partial charge in [-0.3, -0.25) is 14.4 Å². The van der Waals surface area contributed by atoms with E-state index < -0.39 is 97.5 Å². The van der Waals surface area contributed by atoms with E-state index in [1.165, 1.54) is 13.8 Å². The zero-order chi connectivity index (χ0) is 27.6. The van der Waals surface area contributed by atoms with Crippen molar-refractivity contribution < 1.29 is 70.2 Å². The molecule has 1 fully saturated rings. The highest BCUT2D eigenvalue weighted by Crippen LogP contribution is 2.28. The van der Waals surface area contributed by atoms with Crippen LogP contribution in [0.5, 0.6) is 0 Å². The molecular weight excluding hydrogens is 476 g/mol. The van der Waals surface area contributed by atoms with Crippen LogP contribution in [0, 0.1) is 11.8 Å². The molecule has 0 unspecified atom stereocenters. The van der Waals surface area contributed by atoms with Crippen molar-refractivity contribution in [1.82, 2.24) is 0 Å². The van der Waals surface area contributed by atoms with E-state index in [9.17, 15) is 45.0 Å². The topological polar surface area (TPSA) is 263 Å². The first kappa shape index (κ1) is 33.4. The van der Waals surface area contributed by atoms with Gasteiger partial charge in [0.1, 0.15) is 30.5 Å². The van der Waals surface area contributed by atoms with Gasteiger partial charge in [0.05, 0.1) is 30.8 Å². The van der Waals surface area contributed by atoms with Gasteiger partial charge in [0.15, 0.2) is 17.9 Å². The van der Waals surface area contributed by atoms with E-state index >= 15 is 0 Å². The smallest absolute Gasteiger partial charge is 0.309 e. The van der Waals surface area contributed by atoms with Crippen LogP contribution in [-0.2, 0) is 19.1 Å². The number of carbonyl (C=O) groups is 3. The van der Waals surface area contributed by atoms with Crippen molar-refractivity contribution in [2.75, 3.05) is 6.61 Å². The number of aliphatic hydroxyl groups excluding tert-OH is 9. The van der Waals surface area contributed by atoms with Crippen LogP contribution in [0.4, 0.5) is 0 Å². The summed E-state index contributed by atoms with van der Waals surface area (Å²) >= 11 is 0. The van der Waals surface area contributed by atoms with E-state index in [1.54, 1.807) is 6.92 Å². The lowest BCUT2D eigenvalue weighted by Gasteiger charge is -2.40. The summed E-state index contributed by atoms with van der Waals surface area (Å²) in [5.41, 5.74) is 0. The fourth-order valence-corrected chi connectivity index (χ4v) is 3.23. The summed E-state index contributed by atoms with van der Waals surface area (Å²) < 4.78 is 4.87. The SMILES string of the molecule is CC[C@@H](O)[C@@H](O)[C@H](O)[C@@H](CC(=O)[C@H](C)O)C(=O)O.C[C@H](O)C(=O)C[C@@H]1[C@@H](O)[C@H](O)[C@@H](CO)O[C@@H]1O. The molecule has 0 aromatic heterocycles. The average molecular weight is 515 g/mol. The molecule has 1 saturated heterocycles. The molecule has 206 valence electrons. The summed E-state index contributed by atoms with van der Waals surface area (Å²) in [6.07, 6.45) is -13.4. The molecule has 0 aliphatic carbocycles. The highest BCUT2D eigenvalue weighted by molar-refractivity contribution is 5.86. The molecule has 0 bridgehead atoms. The molecule has 0 radical (unpaired) electrons. The van der Waals surface area contributed by atoms with E-state index in [2.05, 4.69) is 0 Å². The first-order valence-corrected chi connectivity index (χ1v) is 11.1. The van der Waals surface area contributed by atoms with Crippen molar-refractivity contribution in [3.05, 3.63) is 0 Å². The fraction of sp³-hybridized carbons (Fsp3) is 0.857. The minimum Gasteiger partial charge on any atom is -0.481 e. The summed E-state index contributed by atoms with van der Waals surface area (Å²) in [6, 6.07) is 0. The number of carbonyl (C=O) groups excluding carboxylic acids is 2. The van der Waals surface area contributed by atoms with Gasteiger partial charge < -0.3 is 55.8 Å². The van der Waals surface area contributed by atoms with Gasteiger partial charge in [-0.2, -0.15) is 0 Å². The molecule has 0 spiro atoms. The van der Waals surface area contributed by atoms with Gasteiger partial charge in [0, 0.05) is 18.8 Å². The number of hydrogen-bond acceptors (Lipinski definition) is 13. The predicted octanol–water partition coefficient (Wildman–Crippen LogP) is -4.11. The Morgan fingerprint density at radius 3 is 1.77 bits per heavy atom. The zero-order valence-corrected chi connectivity index (χ0v) is 19.8. The molecule has 0 amide bonds. The summed E-state index contributed by atoms with van der Waals surface area (Å²) in [6.45, 7) is 3.46. The monoisotopic (exact) mass is 514 g/mol. The van der Waals surface area contributed by atoms with Gasteiger partial charge >= 0.3 is 5.97 Å². The minimum absolute atomic E-state index is 0.134. The minimum atomic E-state index is -1.78. The van der Waals surface area contributed by atoms with E-state index in [-0.39, 0.29) is 12.8 Å². The highest BCUT2D eigenvalue weighted by atomic mass is 16.6. The zero-order valence-electron chi connectivity index (χ0n) is 19.8. The number of carboxylic acid groups (broad SMARTS) is 1. The fourth-order valence-electron chi connectivity index (χ4n) is 3.23. The molecule has 1 aliphatic heterocycles. The Balaban J connectivity index is 0.000000661. The molecule has 35 heavy (non-hydrogen) atoms. The highest BCUT2D eigenvalue weighted by Gasteiger charge is 2.44. The second-order valence-electron chi connectivity index (χ2n) is 8.49. The number of ketones is 2. The van der Waals surface area contributed by atoms with Crippen LogP contribution >= 0.6 is 0 Å². The molecule has 0 aromatic rings. The van der Waals surface area contributed by atoms with Gasteiger partial charge in [-0.25, -0.2) is 0 Å². The quantitative estimate of drug-likeness (QED) is 0.119. The Bertz CT molecular complexity index is 668. The van der Waals surface area contributed by atoms with Crippen LogP contribution in [0.15, 0.2) is 0 Å². The van der Waals surface area contributed by atoms with Crippen LogP contribution in [0.1, 0.15) is 40.0 Å². The maximum Gasteiger partial charge on any atom is 0.309 e. The second kappa shape index (κ2) is 15.5. The lowest BCUT2D eigenvalue weighted by molar-refractivity contribution is -0.270. The molecular formula is C21H38O14. The molecule has 1 rings (SSSR count). The molecule has 14 nitrogen and oxygen atoms in total. The normalized spacial score (nSPS) is 29.5. The number of aliphatic carboxylic acids is 1. The number of aliphatic hydroxyl groups is 9. The van der Waals surface area contributed by atoms with Crippen molar-refractivity contribution in [3.8, 4) is 0 Å². The van der Waals surface area contributed by atoms with E-state index in [4.69, 9.17) is 25.2 Å². The third kappa shape index (κ3) is 10.1. The van der Waals surface area contributed by atoms with E-state index in [0.717, 1.165) is 0 Å².